The highest BCUT2D eigenvalue weighted by atomic mass is 32.2. The summed E-state index contributed by atoms with van der Waals surface area (Å²) < 4.78 is 24.9. The molecular formula is C27H28O5S. The number of thioether (sulfide) groups is 1. The lowest BCUT2D eigenvalue weighted by Crippen LogP contribution is -2.61. The maximum Gasteiger partial charge on any atom is 0.184 e. The zero-order chi connectivity index (χ0) is 22.6. The lowest BCUT2D eigenvalue weighted by molar-refractivity contribution is -0.325. The van der Waals surface area contributed by atoms with Gasteiger partial charge in [0.1, 0.15) is 29.9 Å². The molecule has 3 aromatic rings. The molecule has 6 heteroatoms. The van der Waals surface area contributed by atoms with E-state index in [-0.39, 0.29) is 6.10 Å². The molecule has 1 unspecified atom stereocenters. The number of hydrogen-bond acceptors (Lipinski definition) is 6. The van der Waals surface area contributed by atoms with E-state index in [0.717, 1.165) is 16.0 Å². The molecule has 2 fully saturated rings. The van der Waals surface area contributed by atoms with Gasteiger partial charge in [0.15, 0.2) is 6.29 Å². The summed E-state index contributed by atoms with van der Waals surface area (Å²) in [4.78, 5) is 1.03. The Hall–Kier alpha value is -2.19. The predicted molar refractivity (Wildman–Crippen MR) is 127 cm³/mol. The number of ether oxygens (including phenoxy) is 4. The van der Waals surface area contributed by atoms with Crippen LogP contribution in [0.2, 0.25) is 0 Å². The number of hydrogen-bond donors (Lipinski definition) is 1. The molecule has 0 spiro atoms. The van der Waals surface area contributed by atoms with Crippen LogP contribution < -0.4 is 0 Å². The van der Waals surface area contributed by atoms with Crippen LogP contribution in [0.5, 0.6) is 0 Å². The summed E-state index contributed by atoms with van der Waals surface area (Å²) in [6.07, 6.45) is -2.72. The molecule has 5 rings (SSSR count). The average Bonchev–Trinajstić information content (AvgIpc) is 2.86. The van der Waals surface area contributed by atoms with Gasteiger partial charge < -0.3 is 24.1 Å². The van der Waals surface area contributed by atoms with E-state index in [1.165, 1.54) is 17.3 Å². The zero-order valence-electron chi connectivity index (χ0n) is 18.4. The molecule has 0 aliphatic carbocycles. The second-order valence-corrected chi connectivity index (χ2v) is 9.57. The first-order valence-corrected chi connectivity index (χ1v) is 12.1. The summed E-state index contributed by atoms with van der Waals surface area (Å²) in [5.41, 5.74) is 2.68. The highest BCUT2D eigenvalue weighted by Crippen LogP contribution is 2.40. The van der Waals surface area contributed by atoms with Crippen molar-refractivity contribution in [3.8, 4) is 0 Å². The Bertz CT molecular complexity index is 1010. The van der Waals surface area contributed by atoms with Crippen LogP contribution in [0.1, 0.15) is 23.0 Å². The quantitative estimate of drug-likeness (QED) is 0.562. The number of aryl methyl sites for hydroxylation is 1. The molecule has 0 aromatic heterocycles. The van der Waals surface area contributed by atoms with Crippen molar-refractivity contribution in [1.29, 1.82) is 0 Å². The van der Waals surface area contributed by atoms with E-state index in [9.17, 15) is 5.11 Å². The van der Waals surface area contributed by atoms with Crippen LogP contribution in [0, 0.1) is 6.92 Å². The summed E-state index contributed by atoms with van der Waals surface area (Å²) in [7, 11) is 0. The van der Waals surface area contributed by atoms with E-state index in [1.54, 1.807) is 0 Å². The normalized spacial score (nSPS) is 29.4. The molecule has 2 heterocycles. The smallest absolute Gasteiger partial charge is 0.184 e. The van der Waals surface area contributed by atoms with Gasteiger partial charge in [-0.15, -0.1) is 0 Å². The van der Waals surface area contributed by atoms with Gasteiger partial charge in [-0.05, 0) is 24.6 Å². The Kier molecular flexibility index (Phi) is 7.11. The van der Waals surface area contributed by atoms with Gasteiger partial charge in [-0.25, -0.2) is 0 Å². The minimum atomic E-state index is -0.865. The first-order chi connectivity index (χ1) is 16.2. The zero-order valence-corrected chi connectivity index (χ0v) is 19.3. The maximum atomic E-state index is 11.3. The van der Waals surface area contributed by atoms with Gasteiger partial charge in [-0.2, -0.15) is 0 Å². The fraction of sp³-hybridized carbons (Fsp3) is 0.333. The van der Waals surface area contributed by atoms with E-state index in [2.05, 4.69) is 19.1 Å². The number of benzene rings is 3. The second-order valence-electron chi connectivity index (χ2n) is 8.40. The molecule has 3 aromatic carbocycles. The van der Waals surface area contributed by atoms with Crippen molar-refractivity contribution in [2.45, 2.75) is 54.6 Å². The van der Waals surface area contributed by atoms with Gasteiger partial charge in [-0.3, -0.25) is 0 Å². The first kappa shape index (κ1) is 22.6. The summed E-state index contributed by atoms with van der Waals surface area (Å²) >= 11 is 1.50. The minimum Gasteiger partial charge on any atom is -0.387 e. The Morgan fingerprint density at radius 3 is 2.33 bits per heavy atom. The highest BCUT2D eigenvalue weighted by Gasteiger charge is 2.50. The lowest BCUT2D eigenvalue weighted by Gasteiger charge is -2.47. The van der Waals surface area contributed by atoms with Gasteiger partial charge in [0, 0.05) is 10.5 Å². The number of aliphatic hydroxyl groups is 1. The molecular weight excluding hydrogens is 436 g/mol. The number of fused-ring (bicyclic) bond motifs is 1. The molecule has 0 amide bonds. The molecule has 1 N–H and O–H groups in total. The van der Waals surface area contributed by atoms with Crippen molar-refractivity contribution in [3.05, 3.63) is 102 Å². The fourth-order valence-corrected chi connectivity index (χ4v) is 5.20. The Morgan fingerprint density at radius 1 is 0.909 bits per heavy atom. The number of aliphatic hydroxyl groups excluding tert-OH is 1. The van der Waals surface area contributed by atoms with Crippen molar-refractivity contribution in [3.63, 3.8) is 0 Å². The Labute approximate surface area is 198 Å². The van der Waals surface area contributed by atoms with E-state index in [0.29, 0.717) is 13.2 Å². The predicted octanol–water partition coefficient (Wildman–Crippen LogP) is 4.87. The second kappa shape index (κ2) is 10.4. The van der Waals surface area contributed by atoms with Crippen molar-refractivity contribution in [2.24, 2.45) is 0 Å². The van der Waals surface area contributed by atoms with Crippen molar-refractivity contribution >= 4 is 11.8 Å². The van der Waals surface area contributed by atoms with Gasteiger partial charge in [-0.1, -0.05) is 90.1 Å². The number of rotatable bonds is 6. The lowest BCUT2D eigenvalue weighted by atomic mass is 9.98. The maximum absolute atomic E-state index is 11.3. The molecule has 2 saturated heterocycles. The van der Waals surface area contributed by atoms with Crippen molar-refractivity contribution in [1.82, 2.24) is 0 Å². The third kappa shape index (κ3) is 5.32. The molecule has 5 nitrogen and oxygen atoms in total. The molecule has 0 saturated carbocycles. The average molecular weight is 465 g/mol. The van der Waals surface area contributed by atoms with Gasteiger partial charge in [0.2, 0.25) is 0 Å². The van der Waals surface area contributed by atoms with Crippen LogP contribution in [-0.4, -0.2) is 41.6 Å². The third-order valence-corrected chi connectivity index (χ3v) is 7.10. The highest BCUT2D eigenvalue weighted by molar-refractivity contribution is 7.99. The summed E-state index contributed by atoms with van der Waals surface area (Å²) in [6.45, 7) is 2.80. The standard InChI is InChI=1S/C27H28O5S/c1-18-12-14-21(15-13-18)33-27-23(28)25(29-16-19-8-4-2-5-9-19)24-22(31-27)17-30-26(32-24)20-10-6-3-7-11-20/h2-15,22-28H,16-17H2,1H3/t22-,23-,24-,25-,26?,27+/m1/s1. The Balaban J connectivity index is 1.36. The summed E-state index contributed by atoms with van der Waals surface area (Å²) in [5.74, 6) is 0. The van der Waals surface area contributed by atoms with Crippen LogP contribution in [0.4, 0.5) is 0 Å². The van der Waals surface area contributed by atoms with E-state index < -0.39 is 30.0 Å². The minimum absolute atomic E-state index is 0.336. The van der Waals surface area contributed by atoms with Crippen LogP contribution in [0.25, 0.3) is 0 Å². The topological polar surface area (TPSA) is 57.2 Å². The van der Waals surface area contributed by atoms with Crippen LogP contribution in [-0.2, 0) is 25.6 Å². The van der Waals surface area contributed by atoms with E-state index >= 15 is 0 Å². The fourth-order valence-electron chi connectivity index (χ4n) is 4.15. The summed E-state index contributed by atoms with van der Waals surface area (Å²) in [6, 6.07) is 28.0. The SMILES string of the molecule is Cc1ccc(S[C@@H]2O[C@@H]3COC(c4ccccc4)O[C@H]3[C@H](OCc3ccccc3)[C@H]2O)cc1. The molecule has 0 radical (unpaired) electrons. The largest absolute Gasteiger partial charge is 0.387 e. The van der Waals surface area contributed by atoms with Gasteiger partial charge in [0.05, 0.1) is 13.2 Å². The molecule has 6 atom stereocenters. The van der Waals surface area contributed by atoms with Gasteiger partial charge in [0.25, 0.3) is 0 Å². The monoisotopic (exact) mass is 464 g/mol. The van der Waals surface area contributed by atoms with E-state index in [4.69, 9.17) is 18.9 Å². The molecule has 2 aliphatic rings. The Morgan fingerprint density at radius 2 is 1.61 bits per heavy atom. The van der Waals surface area contributed by atoms with Crippen molar-refractivity contribution in [2.75, 3.05) is 6.61 Å². The third-order valence-electron chi connectivity index (χ3n) is 5.94. The molecule has 0 bridgehead atoms. The van der Waals surface area contributed by atoms with Crippen LogP contribution in [0.3, 0.4) is 0 Å². The molecule has 2 aliphatic heterocycles. The summed E-state index contributed by atoms with van der Waals surface area (Å²) in [5, 5.41) is 11.3. The first-order valence-electron chi connectivity index (χ1n) is 11.2. The van der Waals surface area contributed by atoms with Crippen molar-refractivity contribution < 1.29 is 24.1 Å². The van der Waals surface area contributed by atoms with Gasteiger partial charge >= 0.3 is 0 Å². The molecule has 172 valence electrons. The van der Waals surface area contributed by atoms with Crippen LogP contribution >= 0.6 is 11.8 Å². The molecule has 33 heavy (non-hydrogen) atoms. The van der Waals surface area contributed by atoms with E-state index in [1.807, 2.05) is 72.8 Å². The van der Waals surface area contributed by atoms with Crippen LogP contribution in [0.15, 0.2) is 89.8 Å².